The molecule has 1 N–H and O–H groups in total. The fraction of sp³-hybridized carbons (Fsp3) is 0.455. The molecule has 15 heavy (non-hydrogen) atoms. The molecule has 0 fully saturated rings. The third kappa shape index (κ3) is 2.55. The number of hydrogen-bond acceptors (Lipinski definition) is 3. The zero-order valence-corrected chi connectivity index (χ0v) is 9.84. The standard InChI is InChI=1S/C11H15ClO3/c1-7-4-11(15-3)8(9(13)6-12)5-10(7)14-2/h4-5,9,13H,6H2,1-3H3. The Hall–Kier alpha value is -0.930. The lowest BCUT2D eigenvalue weighted by Gasteiger charge is -2.15. The first-order valence-corrected chi connectivity index (χ1v) is 5.14. The Morgan fingerprint density at radius 3 is 2.33 bits per heavy atom. The maximum absolute atomic E-state index is 9.68. The molecule has 1 unspecified atom stereocenters. The maximum atomic E-state index is 9.68. The quantitative estimate of drug-likeness (QED) is 0.807. The number of aliphatic hydroxyl groups excluding tert-OH is 1. The van der Waals surface area contributed by atoms with Crippen LogP contribution in [-0.4, -0.2) is 25.2 Å². The van der Waals surface area contributed by atoms with Crippen molar-refractivity contribution in [1.82, 2.24) is 0 Å². The molecule has 3 nitrogen and oxygen atoms in total. The van der Waals surface area contributed by atoms with Crippen LogP contribution in [0.2, 0.25) is 0 Å². The Labute approximate surface area is 94.6 Å². The number of methoxy groups -OCH3 is 2. The van der Waals surface area contributed by atoms with E-state index in [2.05, 4.69) is 0 Å². The van der Waals surface area contributed by atoms with Gasteiger partial charge in [0.05, 0.1) is 26.2 Å². The number of aryl methyl sites for hydroxylation is 1. The molecule has 1 aromatic carbocycles. The van der Waals surface area contributed by atoms with Crippen molar-refractivity contribution in [2.45, 2.75) is 13.0 Å². The normalized spacial score (nSPS) is 12.3. The average molecular weight is 231 g/mol. The molecule has 0 heterocycles. The predicted molar refractivity (Wildman–Crippen MR) is 60.0 cm³/mol. The van der Waals surface area contributed by atoms with Gasteiger partial charge in [-0.2, -0.15) is 0 Å². The van der Waals surface area contributed by atoms with Crippen LogP contribution in [0.15, 0.2) is 12.1 Å². The second kappa shape index (κ2) is 5.24. The second-order valence-corrected chi connectivity index (χ2v) is 3.54. The Bertz CT molecular complexity index is 339. The number of alkyl halides is 1. The Balaban J connectivity index is 3.22. The first kappa shape index (κ1) is 12.1. The largest absolute Gasteiger partial charge is 0.496 e. The number of rotatable bonds is 4. The molecule has 0 spiro atoms. The summed E-state index contributed by atoms with van der Waals surface area (Å²) in [6.45, 7) is 1.91. The molecule has 0 aliphatic heterocycles. The topological polar surface area (TPSA) is 38.7 Å². The van der Waals surface area contributed by atoms with Crippen LogP contribution in [-0.2, 0) is 0 Å². The van der Waals surface area contributed by atoms with Crippen molar-refractivity contribution in [2.24, 2.45) is 0 Å². The van der Waals surface area contributed by atoms with Gasteiger partial charge in [-0.1, -0.05) is 0 Å². The zero-order chi connectivity index (χ0) is 11.4. The van der Waals surface area contributed by atoms with E-state index in [0.29, 0.717) is 11.3 Å². The van der Waals surface area contributed by atoms with Crippen LogP contribution >= 0.6 is 11.6 Å². The van der Waals surface area contributed by atoms with E-state index in [-0.39, 0.29) is 5.88 Å². The molecule has 4 heteroatoms. The SMILES string of the molecule is COc1cc(C(O)CCl)c(OC)cc1C. The molecule has 0 radical (unpaired) electrons. The van der Waals surface area contributed by atoms with E-state index in [1.54, 1.807) is 20.3 Å². The number of halogens is 1. The van der Waals surface area contributed by atoms with E-state index in [4.69, 9.17) is 21.1 Å². The van der Waals surface area contributed by atoms with Gasteiger partial charge in [-0.05, 0) is 24.6 Å². The van der Waals surface area contributed by atoms with Crippen molar-refractivity contribution in [3.63, 3.8) is 0 Å². The number of benzene rings is 1. The molecule has 1 atom stereocenters. The number of hydrogen-bond donors (Lipinski definition) is 1. The average Bonchev–Trinajstić information content (AvgIpc) is 2.27. The molecule has 0 aromatic heterocycles. The van der Waals surface area contributed by atoms with Gasteiger partial charge in [-0.3, -0.25) is 0 Å². The van der Waals surface area contributed by atoms with Gasteiger partial charge >= 0.3 is 0 Å². The van der Waals surface area contributed by atoms with Gasteiger partial charge in [-0.25, -0.2) is 0 Å². The van der Waals surface area contributed by atoms with E-state index in [1.165, 1.54) is 0 Å². The fourth-order valence-corrected chi connectivity index (χ4v) is 1.58. The summed E-state index contributed by atoms with van der Waals surface area (Å²) in [5, 5.41) is 9.68. The highest BCUT2D eigenvalue weighted by Gasteiger charge is 2.15. The fourth-order valence-electron chi connectivity index (χ4n) is 1.42. The molecule has 0 bridgehead atoms. The smallest absolute Gasteiger partial charge is 0.125 e. The third-order valence-electron chi connectivity index (χ3n) is 2.25. The number of ether oxygens (including phenoxy) is 2. The van der Waals surface area contributed by atoms with Crippen LogP contribution in [0.1, 0.15) is 17.2 Å². The molecule has 1 aromatic rings. The third-order valence-corrected chi connectivity index (χ3v) is 2.54. The van der Waals surface area contributed by atoms with Crippen LogP contribution in [0.5, 0.6) is 11.5 Å². The molecule has 0 aliphatic rings. The Morgan fingerprint density at radius 1 is 1.27 bits per heavy atom. The summed E-state index contributed by atoms with van der Waals surface area (Å²) >= 11 is 5.60. The minimum absolute atomic E-state index is 0.128. The Morgan fingerprint density at radius 2 is 1.87 bits per heavy atom. The van der Waals surface area contributed by atoms with Gasteiger partial charge in [0, 0.05) is 5.56 Å². The van der Waals surface area contributed by atoms with Crippen LogP contribution in [0.4, 0.5) is 0 Å². The summed E-state index contributed by atoms with van der Waals surface area (Å²) < 4.78 is 10.3. The van der Waals surface area contributed by atoms with Crippen LogP contribution in [0.3, 0.4) is 0 Å². The molecular weight excluding hydrogens is 216 g/mol. The van der Waals surface area contributed by atoms with E-state index in [0.717, 1.165) is 11.3 Å². The summed E-state index contributed by atoms with van der Waals surface area (Å²) in [4.78, 5) is 0. The summed E-state index contributed by atoms with van der Waals surface area (Å²) in [7, 11) is 3.15. The van der Waals surface area contributed by atoms with Gasteiger partial charge in [0.15, 0.2) is 0 Å². The van der Waals surface area contributed by atoms with Crippen molar-refractivity contribution in [2.75, 3.05) is 20.1 Å². The molecule has 0 saturated carbocycles. The molecule has 0 saturated heterocycles. The van der Waals surface area contributed by atoms with Gasteiger partial charge in [-0.15, -0.1) is 11.6 Å². The van der Waals surface area contributed by atoms with E-state index >= 15 is 0 Å². The number of aliphatic hydroxyl groups is 1. The highest BCUT2D eigenvalue weighted by molar-refractivity contribution is 6.18. The Kier molecular flexibility index (Phi) is 4.24. The molecule has 84 valence electrons. The minimum atomic E-state index is -0.740. The summed E-state index contributed by atoms with van der Waals surface area (Å²) in [5.74, 6) is 1.47. The van der Waals surface area contributed by atoms with Crippen molar-refractivity contribution in [1.29, 1.82) is 0 Å². The van der Waals surface area contributed by atoms with Crippen LogP contribution in [0.25, 0.3) is 0 Å². The van der Waals surface area contributed by atoms with Crippen molar-refractivity contribution < 1.29 is 14.6 Å². The van der Waals surface area contributed by atoms with Crippen LogP contribution < -0.4 is 9.47 Å². The molecule has 0 aliphatic carbocycles. The van der Waals surface area contributed by atoms with Gasteiger partial charge in [0.1, 0.15) is 11.5 Å². The summed E-state index contributed by atoms with van der Waals surface area (Å²) in [6.07, 6.45) is -0.740. The lowest BCUT2D eigenvalue weighted by atomic mass is 10.1. The van der Waals surface area contributed by atoms with E-state index < -0.39 is 6.10 Å². The van der Waals surface area contributed by atoms with Crippen LogP contribution in [0, 0.1) is 6.92 Å². The van der Waals surface area contributed by atoms with Gasteiger partial charge in [0.25, 0.3) is 0 Å². The highest BCUT2D eigenvalue weighted by atomic mass is 35.5. The predicted octanol–water partition coefficient (Wildman–Crippen LogP) is 2.28. The first-order chi connectivity index (χ1) is 7.13. The van der Waals surface area contributed by atoms with Gasteiger partial charge in [0.2, 0.25) is 0 Å². The lowest BCUT2D eigenvalue weighted by Crippen LogP contribution is -2.03. The second-order valence-electron chi connectivity index (χ2n) is 3.23. The minimum Gasteiger partial charge on any atom is -0.496 e. The van der Waals surface area contributed by atoms with Crippen molar-refractivity contribution in [3.8, 4) is 11.5 Å². The van der Waals surface area contributed by atoms with E-state index in [9.17, 15) is 5.11 Å². The monoisotopic (exact) mass is 230 g/mol. The zero-order valence-electron chi connectivity index (χ0n) is 9.08. The summed E-state index contributed by atoms with van der Waals surface area (Å²) in [6, 6.07) is 3.57. The molecule has 1 rings (SSSR count). The van der Waals surface area contributed by atoms with Crippen molar-refractivity contribution in [3.05, 3.63) is 23.3 Å². The lowest BCUT2D eigenvalue weighted by molar-refractivity contribution is 0.197. The van der Waals surface area contributed by atoms with Gasteiger partial charge < -0.3 is 14.6 Å². The molecular formula is C11H15ClO3. The first-order valence-electron chi connectivity index (χ1n) is 4.60. The highest BCUT2D eigenvalue weighted by Crippen LogP contribution is 2.32. The van der Waals surface area contributed by atoms with E-state index in [1.807, 2.05) is 13.0 Å². The molecule has 0 amide bonds. The maximum Gasteiger partial charge on any atom is 0.125 e. The van der Waals surface area contributed by atoms with Crippen molar-refractivity contribution >= 4 is 11.6 Å². The summed E-state index contributed by atoms with van der Waals surface area (Å²) in [5.41, 5.74) is 1.61.